The fraction of sp³-hybridized carbons (Fsp3) is 0.467. The third-order valence-electron chi connectivity index (χ3n) is 4.10. The number of aromatic nitrogens is 2. The minimum absolute atomic E-state index is 0. The number of sulfonamides is 1. The fourth-order valence-corrected chi connectivity index (χ4v) is 3.75. The van der Waals surface area contributed by atoms with Gasteiger partial charge in [0.05, 0.1) is 17.5 Å². The van der Waals surface area contributed by atoms with Crippen LogP contribution >= 0.6 is 12.4 Å². The maximum Gasteiger partial charge on any atom is 0.243 e. The van der Waals surface area contributed by atoms with Crippen LogP contribution in [0.5, 0.6) is 0 Å². The van der Waals surface area contributed by atoms with E-state index in [1.54, 1.807) is 30.3 Å². The van der Waals surface area contributed by atoms with Crippen LogP contribution in [0.15, 0.2) is 39.8 Å². The van der Waals surface area contributed by atoms with Gasteiger partial charge in [-0.15, -0.1) is 12.4 Å². The number of likely N-dealkylation sites (N-methyl/N-ethyl adjacent to an activating group) is 1. The van der Waals surface area contributed by atoms with Gasteiger partial charge < -0.3 is 9.84 Å². The zero-order valence-electron chi connectivity index (χ0n) is 14.1. The molecule has 0 saturated carbocycles. The largest absolute Gasteiger partial charge is 0.338 e. The zero-order chi connectivity index (χ0) is 17.2. The van der Waals surface area contributed by atoms with Crippen LogP contribution in [0.3, 0.4) is 0 Å². The Kier molecular flexibility index (Phi) is 6.53. The van der Waals surface area contributed by atoms with E-state index in [1.165, 1.54) is 11.4 Å². The molecule has 0 amide bonds. The van der Waals surface area contributed by atoms with E-state index in [2.05, 4.69) is 20.4 Å². The molecule has 1 unspecified atom stereocenters. The molecule has 8 nitrogen and oxygen atoms in total. The number of halogens is 1. The number of piperazine rings is 1. The molecule has 1 aromatic heterocycles. The van der Waals surface area contributed by atoms with E-state index in [1.807, 2.05) is 7.05 Å². The van der Waals surface area contributed by atoms with Crippen LogP contribution in [0.4, 0.5) is 0 Å². The van der Waals surface area contributed by atoms with Crippen molar-refractivity contribution in [1.82, 2.24) is 24.7 Å². The molecule has 1 aromatic carbocycles. The fourth-order valence-electron chi connectivity index (χ4n) is 2.61. The number of nitrogens with zero attached hydrogens (tertiary/aromatic N) is 4. The minimum atomic E-state index is -3.58. The van der Waals surface area contributed by atoms with E-state index in [0.717, 1.165) is 19.6 Å². The van der Waals surface area contributed by atoms with Gasteiger partial charge in [0.2, 0.25) is 15.9 Å². The highest BCUT2D eigenvalue weighted by molar-refractivity contribution is 7.89. The van der Waals surface area contributed by atoms with Crippen molar-refractivity contribution in [3.63, 3.8) is 0 Å². The van der Waals surface area contributed by atoms with Gasteiger partial charge in [0, 0.05) is 26.7 Å². The van der Waals surface area contributed by atoms with Gasteiger partial charge in [0.25, 0.3) is 0 Å². The van der Waals surface area contributed by atoms with Crippen molar-refractivity contribution in [1.29, 1.82) is 0 Å². The van der Waals surface area contributed by atoms with E-state index in [-0.39, 0.29) is 35.8 Å². The molecule has 3 rings (SSSR count). The number of hydrogen-bond acceptors (Lipinski definition) is 7. The first-order valence-corrected chi connectivity index (χ1v) is 9.17. The second-order valence-corrected chi connectivity index (χ2v) is 7.87. The van der Waals surface area contributed by atoms with Crippen molar-refractivity contribution in [3.8, 4) is 0 Å². The molecular formula is C15H22ClN5O3S. The van der Waals surface area contributed by atoms with E-state index in [0.29, 0.717) is 5.82 Å². The third-order valence-corrected chi connectivity index (χ3v) is 5.92. The van der Waals surface area contributed by atoms with Gasteiger partial charge in [-0.2, -0.15) is 9.29 Å². The monoisotopic (exact) mass is 387 g/mol. The van der Waals surface area contributed by atoms with Crippen LogP contribution in [-0.2, 0) is 16.6 Å². The van der Waals surface area contributed by atoms with Crippen molar-refractivity contribution in [2.24, 2.45) is 0 Å². The van der Waals surface area contributed by atoms with Crippen LogP contribution in [0.25, 0.3) is 0 Å². The Morgan fingerprint density at radius 2 is 2.08 bits per heavy atom. The first kappa shape index (κ1) is 19.8. The molecule has 2 heterocycles. The summed E-state index contributed by atoms with van der Waals surface area (Å²) in [5.74, 6) is 0.858. The Morgan fingerprint density at radius 1 is 1.36 bits per heavy atom. The summed E-state index contributed by atoms with van der Waals surface area (Å²) in [4.78, 5) is 6.75. The van der Waals surface area contributed by atoms with Crippen LogP contribution in [0.1, 0.15) is 17.8 Å². The van der Waals surface area contributed by atoms with Crippen molar-refractivity contribution in [3.05, 3.63) is 42.0 Å². The smallest absolute Gasteiger partial charge is 0.243 e. The second-order valence-electron chi connectivity index (χ2n) is 5.82. The first-order valence-electron chi connectivity index (χ1n) is 7.73. The van der Waals surface area contributed by atoms with Gasteiger partial charge in [-0.05, 0) is 19.2 Å². The second kappa shape index (κ2) is 8.24. The molecule has 0 bridgehead atoms. The molecule has 25 heavy (non-hydrogen) atoms. The molecule has 1 atom stereocenters. The minimum Gasteiger partial charge on any atom is -0.338 e. The highest BCUT2D eigenvalue weighted by Crippen LogP contribution is 2.19. The van der Waals surface area contributed by atoms with E-state index >= 15 is 0 Å². The predicted octanol–water partition coefficient (Wildman–Crippen LogP) is 0.888. The summed E-state index contributed by atoms with van der Waals surface area (Å²) in [5.41, 5.74) is 0. The Morgan fingerprint density at radius 3 is 2.76 bits per heavy atom. The van der Waals surface area contributed by atoms with Crippen molar-refractivity contribution >= 4 is 22.4 Å². The standard InChI is InChI=1S/C15H21N5O3S.ClH/c1-19-9-8-16-10-13(19)15-17-14(23-18-15)11-20(2)24(21,22)12-6-4-3-5-7-12;/h3-7,13,16H,8-11H2,1-2H3;1H. The van der Waals surface area contributed by atoms with Crippen LogP contribution < -0.4 is 5.32 Å². The van der Waals surface area contributed by atoms with Gasteiger partial charge >= 0.3 is 0 Å². The molecule has 1 aliphatic rings. The molecule has 138 valence electrons. The van der Waals surface area contributed by atoms with Crippen molar-refractivity contribution in [2.75, 3.05) is 33.7 Å². The van der Waals surface area contributed by atoms with Gasteiger partial charge in [0.1, 0.15) is 0 Å². The maximum atomic E-state index is 12.5. The summed E-state index contributed by atoms with van der Waals surface area (Å²) in [5, 5.41) is 7.30. The van der Waals surface area contributed by atoms with Gasteiger partial charge in [-0.3, -0.25) is 4.90 Å². The summed E-state index contributed by atoms with van der Waals surface area (Å²) < 4.78 is 31.5. The molecule has 0 radical (unpaired) electrons. The Balaban J connectivity index is 0.00000225. The average molecular weight is 388 g/mol. The third kappa shape index (κ3) is 4.36. The SMILES string of the molecule is CN1CCNCC1c1noc(CN(C)S(=O)(=O)c2ccccc2)n1.Cl. The average Bonchev–Trinajstić information content (AvgIpc) is 3.04. The molecule has 1 N–H and O–H groups in total. The first-order chi connectivity index (χ1) is 11.5. The zero-order valence-corrected chi connectivity index (χ0v) is 15.8. The normalized spacial score (nSPS) is 18.9. The highest BCUT2D eigenvalue weighted by atomic mass is 35.5. The van der Waals surface area contributed by atoms with Crippen LogP contribution in [0.2, 0.25) is 0 Å². The molecule has 1 saturated heterocycles. The summed E-state index contributed by atoms with van der Waals surface area (Å²) in [7, 11) is -0.0728. The van der Waals surface area contributed by atoms with Crippen molar-refractivity contribution < 1.29 is 12.9 Å². The van der Waals surface area contributed by atoms with E-state index in [9.17, 15) is 8.42 Å². The van der Waals surface area contributed by atoms with E-state index in [4.69, 9.17) is 4.52 Å². The molecule has 0 aliphatic carbocycles. The lowest BCUT2D eigenvalue weighted by molar-refractivity contribution is 0.190. The molecule has 1 fully saturated rings. The van der Waals surface area contributed by atoms with E-state index < -0.39 is 10.0 Å². The van der Waals surface area contributed by atoms with Gasteiger partial charge in [-0.1, -0.05) is 23.4 Å². The molecule has 1 aliphatic heterocycles. The molecular weight excluding hydrogens is 366 g/mol. The summed E-state index contributed by atoms with van der Waals surface area (Å²) >= 11 is 0. The number of rotatable bonds is 5. The highest BCUT2D eigenvalue weighted by Gasteiger charge is 2.27. The Labute approximate surface area is 153 Å². The summed E-state index contributed by atoms with van der Waals surface area (Å²) in [6, 6.07) is 8.32. The molecule has 2 aromatic rings. The summed E-state index contributed by atoms with van der Waals surface area (Å²) in [6.45, 7) is 2.61. The lowest BCUT2D eigenvalue weighted by Gasteiger charge is -2.30. The lowest BCUT2D eigenvalue weighted by Crippen LogP contribution is -2.44. The van der Waals surface area contributed by atoms with Crippen LogP contribution in [0, 0.1) is 0 Å². The van der Waals surface area contributed by atoms with Crippen LogP contribution in [-0.4, -0.2) is 61.5 Å². The lowest BCUT2D eigenvalue weighted by atomic mass is 10.2. The Bertz CT molecular complexity index is 783. The predicted molar refractivity (Wildman–Crippen MR) is 94.9 cm³/mol. The number of hydrogen-bond donors (Lipinski definition) is 1. The van der Waals surface area contributed by atoms with Crippen molar-refractivity contribution in [2.45, 2.75) is 17.5 Å². The van der Waals surface area contributed by atoms with Gasteiger partial charge in [0.15, 0.2) is 5.82 Å². The Hall–Kier alpha value is -1.52. The number of benzene rings is 1. The maximum absolute atomic E-state index is 12.5. The quantitative estimate of drug-likeness (QED) is 0.814. The van der Waals surface area contributed by atoms with Gasteiger partial charge in [-0.25, -0.2) is 8.42 Å². The molecule has 10 heteroatoms. The topological polar surface area (TPSA) is 91.6 Å². The number of nitrogens with one attached hydrogen (secondary N) is 1. The summed E-state index contributed by atoms with van der Waals surface area (Å²) in [6.07, 6.45) is 0. The molecule has 0 spiro atoms.